The van der Waals surface area contributed by atoms with Crippen molar-refractivity contribution in [2.45, 2.75) is 39.0 Å². The molecule has 0 spiro atoms. The predicted molar refractivity (Wildman–Crippen MR) is 90.9 cm³/mol. The molecule has 3 rings (SSSR count). The zero-order valence-electron chi connectivity index (χ0n) is 13.2. The topological polar surface area (TPSA) is 64.1 Å². The average molecular weight is 331 g/mol. The van der Waals surface area contributed by atoms with Gasteiger partial charge >= 0.3 is 0 Å². The molecule has 0 bridgehead atoms. The van der Waals surface area contributed by atoms with Gasteiger partial charge in [0.1, 0.15) is 17.4 Å². The lowest BCUT2D eigenvalue weighted by Gasteiger charge is -2.23. The maximum atomic E-state index is 12.4. The van der Waals surface area contributed by atoms with Crippen molar-refractivity contribution in [3.63, 3.8) is 0 Å². The van der Waals surface area contributed by atoms with Gasteiger partial charge in [-0.2, -0.15) is 0 Å². The van der Waals surface area contributed by atoms with Crippen molar-refractivity contribution in [3.8, 4) is 5.75 Å². The summed E-state index contributed by atoms with van der Waals surface area (Å²) in [5.41, 5.74) is 1.08. The molecule has 23 heavy (non-hydrogen) atoms. The second kappa shape index (κ2) is 7.55. The number of nitrogens with zero attached hydrogens (tertiary/aromatic N) is 2. The smallest absolute Gasteiger partial charge is 0.233 e. The number of aromatic nitrogens is 2. The Hall–Kier alpha value is -1.95. The van der Waals surface area contributed by atoms with E-state index in [0.717, 1.165) is 29.2 Å². The number of unbranched alkanes of at least 4 members (excludes halogenated alkanes) is 2. The van der Waals surface area contributed by atoms with E-state index >= 15 is 0 Å². The number of hydrogen-bond donors (Lipinski definition) is 1. The first kappa shape index (κ1) is 15.9. The third-order valence-corrected chi connectivity index (χ3v) is 4.84. The summed E-state index contributed by atoms with van der Waals surface area (Å²) in [6.07, 6.45) is 5.13. The number of ether oxygens (including phenoxy) is 1. The van der Waals surface area contributed by atoms with Crippen LogP contribution in [0.3, 0.4) is 0 Å². The molecule has 0 aliphatic carbocycles. The van der Waals surface area contributed by atoms with E-state index < -0.39 is 0 Å². The second-order valence-electron chi connectivity index (χ2n) is 5.77. The average Bonchev–Trinajstić information content (AvgIpc) is 3.02. The Bertz CT molecular complexity index is 671. The van der Waals surface area contributed by atoms with Gasteiger partial charge in [-0.05, 0) is 24.5 Å². The van der Waals surface area contributed by atoms with E-state index in [4.69, 9.17) is 4.74 Å². The number of para-hydroxylation sites is 1. The highest BCUT2D eigenvalue weighted by molar-refractivity contribution is 7.15. The first-order valence-corrected chi connectivity index (χ1v) is 8.92. The van der Waals surface area contributed by atoms with Gasteiger partial charge in [0.05, 0.1) is 5.92 Å². The second-order valence-corrected chi connectivity index (χ2v) is 6.83. The summed E-state index contributed by atoms with van der Waals surface area (Å²) in [6.45, 7) is 2.58. The van der Waals surface area contributed by atoms with E-state index in [9.17, 15) is 4.79 Å². The number of benzene rings is 1. The van der Waals surface area contributed by atoms with Crippen LogP contribution in [0.5, 0.6) is 5.75 Å². The molecule has 1 unspecified atom stereocenters. The fraction of sp³-hybridized carbons (Fsp3) is 0.471. The molecule has 1 aliphatic heterocycles. The maximum Gasteiger partial charge on any atom is 0.233 e. The molecule has 1 aromatic heterocycles. The number of rotatable bonds is 6. The van der Waals surface area contributed by atoms with Gasteiger partial charge in [0, 0.05) is 6.42 Å². The minimum absolute atomic E-state index is 0.0456. The number of carbonyl (C=O) groups excluding carboxylic acids is 1. The lowest BCUT2D eigenvalue weighted by molar-refractivity contribution is -0.121. The highest BCUT2D eigenvalue weighted by Gasteiger charge is 2.26. The Kier molecular flexibility index (Phi) is 5.23. The molecule has 0 radical (unpaired) electrons. The first-order valence-electron chi connectivity index (χ1n) is 8.10. The molecular formula is C17H21N3O2S. The molecule has 1 atom stereocenters. The first-order chi connectivity index (χ1) is 11.3. The van der Waals surface area contributed by atoms with Crippen LogP contribution in [0.25, 0.3) is 0 Å². The van der Waals surface area contributed by atoms with E-state index in [1.54, 1.807) is 0 Å². The van der Waals surface area contributed by atoms with Crippen molar-refractivity contribution in [1.29, 1.82) is 0 Å². The molecule has 2 heterocycles. The normalized spacial score (nSPS) is 16.5. The zero-order chi connectivity index (χ0) is 16.1. The van der Waals surface area contributed by atoms with E-state index in [2.05, 4.69) is 22.4 Å². The number of fused-ring (bicyclic) bond motifs is 1. The predicted octanol–water partition coefficient (Wildman–Crippen LogP) is 3.46. The number of nitrogens with one attached hydrogen (secondary N) is 1. The minimum atomic E-state index is -0.183. The Morgan fingerprint density at radius 2 is 2.22 bits per heavy atom. The third kappa shape index (κ3) is 4.07. The van der Waals surface area contributed by atoms with Gasteiger partial charge < -0.3 is 10.1 Å². The van der Waals surface area contributed by atoms with Crippen molar-refractivity contribution in [3.05, 3.63) is 34.8 Å². The van der Waals surface area contributed by atoms with Crippen LogP contribution in [0.4, 0.5) is 5.13 Å². The quantitative estimate of drug-likeness (QED) is 0.823. The minimum Gasteiger partial charge on any atom is -0.492 e. The number of amides is 1. The summed E-state index contributed by atoms with van der Waals surface area (Å²) in [5.74, 6) is 0.652. The summed E-state index contributed by atoms with van der Waals surface area (Å²) in [5, 5.41) is 12.7. The number of hydrogen-bond acceptors (Lipinski definition) is 5. The lowest BCUT2D eigenvalue weighted by atomic mass is 9.96. The Morgan fingerprint density at radius 1 is 1.35 bits per heavy atom. The van der Waals surface area contributed by atoms with E-state index in [-0.39, 0.29) is 11.8 Å². The molecule has 0 saturated heterocycles. The molecule has 1 aliphatic rings. The van der Waals surface area contributed by atoms with E-state index in [1.165, 1.54) is 24.2 Å². The summed E-state index contributed by atoms with van der Waals surface area (Å²) in [6, 6.07) is 7.86. The number of anilines is 1. The van der Waals surface area contributed by atoms with Gasteiger partial charge in [0.25, 0.3) is 0 Å². The highest BCUT2D eigenvalue weighted by Crippen LogP contribution is 2.27. The summed E-state index contributed by atoms with van der Waals surface area (Å²) >= 11 is 1.47. The lowest BCUT2D eigenvalue weighted by Crippen LogP contribution is -2.32. The zero-order valence-corrected chi connectivity index (χ0v) is 14.1. The molecule has 0 fully saturated rings. The van der Waals surface area contributed by atoms with Crippen molar-refractivity contribution in [1.82, 2.24) is 10.2 Å². The van der Waals surface area contributed by atoms with Crippen LogP contribution in [0.1, 0.15) is 36.8 Å². The van der Waals surface area contributed by atoms with Crippen LogP contribution in [0.2, 0.25) is 0 Å². The van der Waals surface area contributed by atoms with Gasteiger partial charge in [-0.1, -0.05) is 49.3 Å². The van der Waals surface area contributed by atoms with Crippen molar-refractivity contribution < 1.29 is 9.53 Å². The van der Waals surface area contributed by atoms with Crippen LogP contribution in [0, 0.1) is 5.92 Å². The fourth-order valence-corrected chi connectivity index (χ4v) is 3.42. The van der Waals surface area contributed by atoms with Crippen LogP contribution in [0.15, 0.2) is 24.3 Å². The van der Waals surface area contributed by atoms with Crippen LogP contribution >= 0.6 is 11.3 Å². The van der Waals surface area contributed by atoms with Gasteiger partial charge in [0.2, 0.25) is 11.0 Å². The Morgan fingerprint density at radius 3 is 3.09 bits per heavy atom. The molecule has 122 valence electrons. The van der Waals surface area contributed by atoms with E-state index in [0.29, 0.717) is 18.2 Å². The molecular weight excluding hydrogens is 310 g/mol. The summed E-state index contributed by atoms with van der Waals surface area (Å²) in [4.78, 5) is 12.4. The SMILES string of the molecule is CCCCCc1nnc(NC(=O)C2COc3ccccc3C2)s1. The van der Waals surface area contributed by atoms with Gasteiger partial charge in [-0.15, -0.1) is 10.2 Å². The van der Waals surface area contributed by atoms with Crippen LogP contribution < -0.4 is 10.1 Å². The Balaban J connectivity index is 1.55. The molecule has 6 heteroatoms. The molecule has 5 nitrogen and oxygen atoms in total. The van der Waals surface area contributed by atoms with Crippen molar-refractivity contribution in [2.24, 2.45) is 5.92 Å². The fourth-order valence-electron chi connectivity index (χ4n) is 2.64. The molecule has 2 aromatic rings. The molecule has 1 amide bonds. The van der Waals surface area contributed by atoms with Crippen molar-refractivity contribution >= 4 is 22.4 Å². The van der Waals surface area contributed by atoms with Gasteiger partial charge in [-0.25, -0.2) is 0 Å². The van der Waals surface area contributed by atoms with Gasteiger partial charge in [0.15, 0.2) is 0 Å². The molecule has 1 N–H and O–H groups in total. The van der Waals surface area contributed by atoms with Crippen LogP contribution in [-0.2, 0) is 17.6 Å². The maximum absolute atomic E-state index is 12.4. The van der Waals surface area contributed by atoms with E-state index in [1.807, 2.05) is 24.3 Å². The van der Waals surface area contributed by atoms with Crippen molar-refractivity contribution in [2.75, 3.05) is 11.9 Å². The number of aryl methyl sites for hydroxylation is 1. The largest absolute Gasteiger partial charge is 0.492 e. The standard InChI is InChI=1S/C17H21N3O2S/c1-2-3-4-9-15-19-20-17(23-15)18-16(21)13-10-12-7-5-6-8-14(12)22-11-13/h5-8,13H,2-4,9-11H2,1H3,(H,18,20,21). The van der Waals surface area contributed by atoms with Gasteiger partial charge in [-0.3, -0.25) is 4.79 Å². The number of carbonyl (C=O) groups is 1. The van der Waals surface area contributed by atoms with Crippen LogP contribution in [-0.4, -0.2) is 22.7 Å². The molecule has 0 saturated carbocycles. The summed E-state index contributed by atoms with van der Waals surface area (Å²) < 4.78 is 5.67. The third-order valence-electron chi connectivity index (χ3n) is 3.94. The summed E-state index contributed by atoms with van der Waals surface area (Å²) in [7, 11) is 0. The Labute approximate surface area is 140 Å². The monoisotopic (exact) mass is 331 g/mol. The highest BCUT2D eigenvalue weighted by atomic mass is 32.1. The molecule has 1 aromatic carbocycles.